The van der Waals surface area contributed by atoms with Crippen molar-refractivity contribution >= 4 is 17.1 Å². The van der Waals surface area contributed by atoms with Gasteiger partial charge in [-0.2, -0.15) is 8.78 Å². The highest BCUT2D eigenvalue weighted by Crippen LogP contribution is 2.33. The summed E-state index contributed by atoms with van der Waals surface area (Å²) in [5.41, 5.74) is 1.37. The largest absolute Gasteiger partial charge is 0.433 e. The van der Waals surface area contributed by atoms with Gasteiger partial charge in [0.25, 0.3) is 5.69 Å². The Morgan fingerprint density at radius 3 is 2.81 bits per heavy atom. The highest BCUT2D eigenvalue weighted by molar-refractivity contribution is 5.64. The molecule has 9 heteroatoms. The van der Waals surface area contributed by atoms with Crippen LogP contribution in [0.4, 0.5) is 25.8 Å². The fourth-order valence-corrected chi connectivity index (χ4v) is 3.19. The summed E-state index contributed by atoms with van der Waals surface area (Å²) < 4.78 is 29.8. The molecule has 1 atom stereocenters. The third-order valence-electron chi connectivity index (χ3n) is 4.41. The lowest BCUT2D eigenvalue weighted by Crippen LogP contribution is -2.26. The minimum atomic E-state index is -2.91. The number of halogens is 2. The van der Waals surface area contributed by atoms with E-state index in [2.05, 4.69) is 10.1 Å². The molecule has 144 valence electrons. The van der Waals surface area contributed by atoms with Gasteiger partial charge in [0.1, 0.15) is 11.4 Å². The predicted molar refractivity (Wildman–Crippen MR) is 96.3 cm³/mol. The number of aliphatic hydroxyl groups is 1. The molecular weight excluding hydrogens is 360 g/mol. The van der Waals surface area contributed by atoms with Gasteiger partial charge in [-0.25, -0.2) is 0 Å². The van der Waals surface area contributed by atoms with Crippen molar-refractivity contribution in [1.82, 2.24) is 0 Å². The summed E-state index contributed by atoms with van der Waals surface area (Å²) in [5, 5.41) is 23.6. The number of hydrogen-bond acceptors (Lipinski definition) is 6. The lowest BCUT2D eigenvalue weighted by atomic mass is 10.1. The van der Waals surface area contributed by atoms with Crippen LogP contribution in [0.15, 0.2) is 42.5 Å². The van der Waals surface area contributed by atoms with Crippen LogP contribution in [0.25, 0.3) is 0 Å². The number of alkyl halides is 2. The van der Waals surface area contributed by atoms with E-state index in [0.717, 1.165) is 0 Å². The Kier molecular flexibility index (Phi) is 5.70. The number of aliphatic hydroxyl groups excluding tert-OH is 1. The average molecular weight is 379 g/mol. The minimum absolute atomic E-state index is 0.0768. The van der Waals surface area contributed by atoms with Crippen LogP contribution < -0.4 is 15.0 Å². The molecule has 1 fully saturated rings. The molecule has 3 rings (SSSR count). The van der Waals surface area contributed by atoms with Crippen molar-refractivity contribution in [3.05, 3.63) is 58.1 Å². The number of ether oxygens (including phenoxy) is 1. The summed E-state index contributed by atoms with van der Waals surface area (Å²) in [6.07, 6.45) is 0.670. The van der Waals surface area contributed by atoms with E-state index in [1.54, 1.807) is 24.3 Å². The molecule has 2 aromatic rings. The first-order valence-electron chi connectivity index (χ1n) is 8.41. The molecule has 1 aliphatic heterocycles. The van der Waals surface area contributed by atoms with Crippen molar-refractivity contribution in [2.24, 2.45) is 0 Å². The van der Waals surface area contributed by atoms with E-state index in [1.807, 2.05) is 4.90 Å². The number of hydrogen-bond donors (Lipinski definition) is 2. The van der Waals surface area contributed by atoms with Gasteiger partial charge in [0.15, 0.2) is 0 Å². The number of anilines is 2. The van der Waals surface area contributed by atoms with Crippen LogP contribution in [0.3, 0.4) is 0 Å². The monoisotopic (exact) mass is 379 g/mol. The first kappa shape index (κ1) is 18.8. The predicted octanol–water partition coefficient (Wildman–Crippen LogP) is 3.38. The molecule has 1 aliphatic rings. The molecule has 7 nitrogen and oxygen atoms in total. The number of benzene rings is 2. The lowest BCUT2D eigenvalue weighted by Gasteiger charge is -2.22. The van der Waals surface area contributed by atoms with Crippen LogP contribution >= 0.6 is 0 Å². The molecule has 1 unspecified atom stereocenters. The maximum Gasteiger partial charge on any atom is 0.387 e. The molecule has 0 aromatic heterocycles. The Labute approximate surface area is 154 Å². The maximum atomic E-state index is 12.6. The molecule has 1 heterocycles. The van der Waals surface area contributed by atoms with Crippen LogP contribution in [0.1, 0.15) is 12.0 Å². The summed E-state index contributed by atoms with van der Waals surface area (Å²) in [6.45, 7) is -2.06. The second-order valence-electron chi connectivity index (χ2n) is 6.19. The average Bonchev–Trinajstić information content (AvgIpc) is 3.09. The Hall–Kier alpha value is -2.94. The van der Waals surface area contributed by atoms with Gasteiger partial charge in [-0.1, -0.05) is 12.1 Å². The molecule has 1 saturated heterocycles. The molecule has 2 N–H and O–H groups in total. The Balaban J connectivity index is 1.75. The van der Waals surface area contributed by atoms with Crippen molar-refractivity contribution in [3.8, 4) is 5.75 Å². The quantitative estimate of drug-likeness (QED) is 0.566. The normalized spacial score (nSPS) is 16.6. The Morgan fingerprint density at radius 1 is 1.33 bits per heavy atom. The second-order valence-corrected chi connectivity index (χ2v) is 6.19. The van der Waals surface area contributed by atoms with Gasteiger partial charge in [0.2, 0.25) is 0 Å². The topological polar surface area (TPSA) is 87.9 Å². The molecule has 0 radical (unpaired) electrons. The van der Waals surface area contributed by atoms with Crippen molar-refractivity contribution in [1.29, 1.82) is 0 Å². The highest BCUT2D eigenvalue weighted by Gasteiger charge is 2.27. The van der Waals surface area contributed by atoms with Gasteiger partial charge in [0.05, 0.1) is 17.2 Å². The van der Waals surface area contributed by atoms with Crippen LogP contribution in [0.2, 0.25) is 0 Å². The summed E-state index contributed by atoms with van der Waals surface area (Å²) in [6, 6.07) is 10.8. The number of nitro groups is 1. The fourth-order valence-electron chi connectivity index (χ4n) is 3.19. The third-order valence-corrected chi connectivity index (χ3v) is 4.41. The van der Waals surface area contributed by atoms with Crippen molar-refractivity contribution in [2.75, 3.05) is 23.3 Å². The minimum Gasteiger partial charge on any atom is -0.433 e. The standard InChI is InChI=1S/C18H19F2N3O4/c19-18(20)27-17-4-2-1-3-16(17)22-8-7-13(10-22)21-14-9-12(11-24)5-6-15(14)23(25)26/h1-6,9,13,18,21,24H,7-8,10-11H2. The number of rotatable bonds is 7. The van der Waals surface area contributed by atoms with E-state index in [0.29, 0.717) is 36.4 Å². The van der Waals surface area contributed by atoms with E-state index in [9.17, 15) is 24.0 Å². The molecule has 27 heavy (non-hydrogen) atoms. The van der Waals surface area contributed by atoms with Crippen molar-refractivity contribution in [2.45, 2.75) is 25.7 Å². The summed E-state index contributed by atoms with van der Waals surface area (Å²) in [5.74, 6) is 0.0985. The number of nitrogens with zero attached hydrogens (tertiary/aromatic N) is 2. The van der Waals surface area contributed by atoms with Gasteiger partial charge in [-0.15, -0.1) is 0 Å². The van der Waals surface area contributed by atoms with Crippen molar-refractivity contribution < 1.29 is 23.5 Å². The number of nitro benzene ring substituents is 1. The molecule has 0 saturated carbocycles. The van der Waals surface area contributed by atoms with Gasteiger partial charge in [0, 0.05) is 25.2 Å². The van der Waals surface area contributed by atoms with E-state index >= 15 is 0 Å². The maximum absolute atomic E-state index is 12.6. The fraction of sp³-hybridized carbons (Fsp3) is 0.333. The summed E-state index contributed by atoms with van der Waals surface area (Å²) in [7, 11) is 0. The van der Waals surface area contributed by atoms with E-state index in [4.69, 9.17) is 0 Å². The smallest absolute Gasteiger partial charge is 0.387 e. The van der Waals surface area contributed by atoms with Crippen LogP contribution in [-0.2, 0) is 6.61 Å². The van der Waals surface area contributed by atoms with Crippen LogP contribution in [0.5, 0.6) is 5.75 Å². The second kappa shape index (κ2) is 8.17. The lowest BCUT2D eigenvalue weighted by molar-refractivity contribution is -0.384. The van der Waals surface area contributed by atoms with E-state index in [-0.39, 0.29) is 24.1 Å². The molecule has 2 aromatic carbocycles. The molecule has 0 spiro atoms. The van der Waals surface area contributed by atoms with Gasteiger partial charge < -0.3 is 20.1 Å². The van der Waals surface area contributed by atoms with Gasteiger partial charge >= 0.3 is 6.61 Å². The number of para-hydroxylation sites is 2. The van der Waals surface area contributed by atoms with E-state index < -0.39 is 11.5 Å². The van der Waals surface area contributed by atoms with Crippen molar-refractivity contribution in [3.63, 3.8) is 0 Å². The van der Waals surface area contributed by atoms with Gasteiger partial charge in [-0.05, 0) is 36.2 Å². The first-order valence-corrected chi connectivity index (χ1v) is 8.41. The zero-order chi connectivity index (χ0) is 19.4. The third kappa shape index (κ3) is 4.43. The summed E-state index contributed by atoms with van der Waals surface area (Å²) in [4.78, 5) is 12.6. The first-order chi connectivity index (χ1) is 13.0. The zero-order valence-corrected chi connectivity index (χ0v) is 14.3. The summed E-state index contributed by atoms with van der Waals surface area (Å²) >= 11 is 0. The number of nitrogens with one attached hydrogen (secondary N) is 1. The Bertz CT molecular complexity index is 819. The SMILES string of the molecule is O=[N+]([O-])c1ccc(CO)cc1NC1CCN(c2ccccc2OC(F)F)C1. The molecular formula is C18H19F2N3O4. The molecule has 0 amide bonds. The van der Waals surface area contributed by atoms with E-state index in [1.165, 1.54) is 18.2 Å². The molecule has 0 bridgehead atoms. The van der Waals surface area contributed by atoms with Gasteiger partial charge in [-0.3, -0.25) is 10.1 Å². The Morgan fingerprint density at radius 2 is 2.11 bits per heavy atom. The zero-order valence-electron chi connectivity index (χ0n) is 14.3. The highest BCUT2D eigenvalue weighted by atomic mass is 19.3. The van der Waals surface area contributed by atoms with Crippen LogP contribution in [0, 0.1) is 10.1 Å². The van der Waals surface area contributed by atoms with Crippen LogP contribution in [-0.4, -0.2) is 35.8 Å². The molecule has 0 aliphatic carbocycles.